The summed E-state index contributed by atoms with van der Waals surface area (Å²) in [4.78, 5) is 39.8. The quantitative estimate of drug-likeness (QED) is 0.619. The predicted molar refractivity (Wildman–Crippen MR) is 108 cm³/mol. The molecule has 0 atom stereocenters. The Hall–Kier alpha value is -2.13. The fraction of sp³-hybridized carbons (Fsp3) is 0.500. The molecule has 2 rings (SSSR count). The lowest BCUT2D eigenvalue weighted by Gasteiger charge is -2.32. The molecule has 1 heterocycles. The van der Waals surface area contributed by atoms with Crippen LogP contribution in [0.1, 0.15) is 12.0 Å². The molecule has 1 aromatic carbocycles. The van der Waals surface area contributed by atoms with Gasteiger partial charge in [-0.1, -0.05) is 15.9 Å². The van der Waals surface area contributed by atoms with Gasteiger partial charge >= 0.3 is 6.03 Å². The van der Waals surface area contributed by atoms with Gasteiger partial charge in [0.25, 0.3) is 0 Å². The van der Waals surface area contributed by atoms with E-state index in [-0.39, 0.29) is 31.3 Å². The largest absolute Gasteiger partial charge is 0.340 e. The first-order valence-corrected chi connectivity index (χ1v) is 9.68. The van der Waals surface area contributed by atoms with Crippen molar-refractivity contribution < 1.29 is 14.4 Å². The summed E-state index contributed by atoms with van der Waals surface area (Å²) >= 11 is 3.37. The molecule has 1 aliphatic heterocycles. The molecule has 4 amide bonds. The lowest BCUT2D eigenvalue weighted by Crippen LogP contribution is -2.48. The van der Waals surface area contributed by atoms with Crippen LogP contribution in [0.25, 0.3) is 0 Å². The number of anilines is 1. The third-order valence-electron chi connectivity index (χ3n) is 4.35. The van der Waals surface area contributed by atoms with Crippen molar-refractivity contribution >= 4 is 39.5 Å². The number of nitrogens with one attached hydrogen (secondary N) is 3. The van der Waals surface area contributed by atoms with Crippen molar-refractivity contribution in [2.75, 3.05) is 51.6 Å². The number of likely N-dealkylation sites (N-methyl/N-ethyl adjacent to an activating group) is 1. The summed E-state index contributed by atoms with van der Waals surface area (Å²) in [5.74, 6) is -0.282. The van der Waals surface area contributed by atoms with Gasteiger partial charge < -0.3 is 25.8 Å². The molecule has 0 spiro atoms. The minimum atomic E-state index is -0.469. The van der Waals surface area contributed by atoms with Crippen molar-refractivity contribution in [2.45, 2.75) is 13.3 Å². The molecule has 0 bridgehead atoms. The number of aryl methyl sites for hydroxylation is 1. The van der Waals surface area contributed by atoms with E-state index in [0.717, 1.165) is 36.2 Å². The minimum absolute atomic E-state index is 0.0341. The highest BCUT2D eigenvalue weighted by molar-refractivity contribution is 9.10. The van der Waals surface area contributed by atoms with Gasteiger partial charge in [0.2, 0.25) is 11.8 Å². The number of carbonyl (C=O) groups is 3. The summed E-state index contributed by atoms with van der Waals surface area (Å²) in [6.45, 7) is 5.16. The van der Waals surface area contributed by atoms with Gasteiger partial charge in [0, 0.05) is 49.3 Å². The van der Waals surface area contributed by atoms with E-state index < -0.39 is 6.03 Å². The first kappa shape index (κ1) is 21.2. The number of urea groups is 1. The van der Waals surface area contributed by atoms with Gasteiger partial charge in [-0.3, -0.25) is 9.59 Å². The van der Waals surface area contributed by atoms with Crippen LogP contribution in [-0.2, 0) is 9.59 Å². The third kappa shape index (κ3) is 7.18. The molecule has 1 aromatic rings. The zero-order valence-corrected chi connectivity index (χ0v) is 17.3. The molecule has 148 valence electrons. The van der Waals surface area contributed by atoms with E-state index in [9.17, 15) is 14.4 Å². The maximum absolute atomic E-state index is 12.1. The summed E-state index contributed by atoms with van der Waals surface area (Å²) in [6.07, 6.45) is 0.251. The Morgan fingerprint density at radius 2 is 1.81 bits per heavy atom. The minimum Gasteiger partial charge on any atom is -0.340 e. The van der Waals surface area contributed by atoms with E-state index in [1.165, 1.54) is 0 Å². The Balaban J connectivity index is 1.62. The van der Waals surface area contributed by atoms with Crippen molar-refractivity contribution in [1.82, 2.24) is 20.4 Å². The van der Waals surface area contributed by atoms with Gasteiger partial charge in [0.1, 0.15) is 0 Å². The van der Waals surface area contributed by atoms with Crippen LogP contribution in [0.5, 0.6) is 0 Å². The first-order valence-electron chi connectivity index (χ1n) is 8.89. The fourth-order valence-corrected chi connectivity index (χ4v) is 3.16. The predicted octanol–water partition coefficient (Wildman–Crippen LogP) is 1.16. The highest BCUT2D eigenvalue weighted by atomic mass is 79.9. The van der Waals surface area contributed by atoms with Crippen molar-refractivity contribution in [3.63, 3.8) is 0 Å². The van der Waals surface area contributed by atoms with Crippen LogP contribution < -0.4 is 16.0 Å². The number of amides is 4. The van der Waals surface area contributed by atoms with Gasteiger partial charge in [-0.15, -0.1) is 0 Å². The Labute approximate surface area is 167 Å². The monoisotopic (exact) mass is 439 g/mol. The van der Waals surface area contributed by atoms with E-state index in [4.69, 9.17) is 0 Å². The van der Waals surface area contributed by atoms with Gasteiger partial charge in [-0.2, -0.15) is 0 Å². The molecular weight excluding hydrogens is 414 g/mol. The topological polar surface area (TPSA) is 93.8 Å². The molecule has 3 N–H and O–H groups in total. The van der Waals surface area contributed by atoms with Crippen LogP contribution in [0, 0.1) is 6.92 Å². The second kappa shape index (κ2) is 10.3. The van der Waals surface area contributed by atoms with Gasteiger partial charge in [-0.05, 0) is 37.7 Å². The Bertz CT molecular complexity index is 690. The van der Waals surface area contributed by atoms with Gasteiger partial charge in [-0.25, -0.2) is 4.79 Å². The second-order valence-corrected chi connectivity index (χ2v) is 7.47. The highest BCUT2D eigenvalue weighted by Crippen LogP contribution is 2.19. The standard InChI is InChI=1S/C18H26BrN5O3/c1-13-11-14(19)3-4-15(13)22-16(25)12-21-18(27)20-6-5-17(26)24-9-7-23(2)8-10-24/h3-4,11H,5-10,12H2,1-2H3,(H,22,25)(H2,20,21,27). The summed E-state index contributed by atoms with van der Waals surface area (Å²) in [7, 11) is 2.03. The summed E-state index contributed by atoms with van der Waals surface area (Å²) in [6, 6.07) is 5.05. The lowest BCUT2D eigenvalue weighted by atomic mass is 10.2. The van der Waals surface area contributed by atoms with Crippen LogP contribution in [-0.4, -0.2) is 74.0 Å². The number of nitrogens with zero attached hydrogens (tertiary/aromatic N) is 2. The van der Waals surface area contributed by atoms with Gasteiger partial charge in [0.15, 0.2) is 0 Å². The van der Waals surface area contributed by atoms with Crippen molar-refractivity contribution in [3.8, 4) is 0 Å². The highest BCUT2D eigenvalue weighted by Gasteiger charge is 2.18. The number of benzene rings is 1. The molecule has 0 aliphatic carbocycles. The Kier molecular flexibility index (Phi) is 8.05. The van der Waals surface area contributed by atoms with Crippen molar-refractivity contribution in [2.24, 2.45) is 0 Å². The molecule has 8 nitrogen and oxygen atoms in total. The molecule has 1 fully saturated rings. The lowest BCUT2D eigenvalue weighted by molar-refractivity contribution is -0.132. The number of piperazine rings is 1. The second-order valence-electron chi connectivity index (χ2n) is 6.55. The maximum atomic E-state index is 12.1. The van der Waals surface area contributed by atoms with E-state index in [2.05, 4.69) is 36.8 Å². The van der Waals surface area contributed by atoms with Crippen LogP contribution >= 0.6 is 15.9 Å². The van der Waals surface area contributed by atoms with E-state index in [1.807, 2.05) is 31.0 Å². The van der Waals surface area contributed by atoms with Crippen molar-refractivity contribution in [1.29, 1.82) is 0 Å². The molecule has 0 aromatic heterocycles. The number of halogens is 1. The van der Waals surface area contributed by atoms with E-state index in [0.29, 0.717) is 5.69 Å². The molecular formula is C18H26BrN5O3. The summed E-state index contributed by atoms with van der Waals surface area (Å²) < 4.78 is 0.932. The Morgan fingerprint density at radius 3 is 2.48 bits per heavy atom. The smallest absolute Gasteiger partial charge is 0.315 e. The van der Waals surface area contributed by atoms with Crippen molar-refractivity contribution in [3.05, 3.63) is 28.2 Å². The average molecular weight is 440 g/mol. The zero-order valence-electron chi connectivity index (χ0n) is 15.7. The third-order valence-corrected chi connectivity index (χ3v) is 4.85. The van der Waals surface area contributed by atoms with Crippen LogP contribution in [0.2, 0.25) is 0 Å². The number of carbonyl (C=O) groups excluding carboxylic acids is 3. The molecule has 1 saturated heterocycles. The molecule has 0 unspecified atom stereocenters. The number of rotatable bonds is 6. The molecule has 27 heavy (non-hydrogen) atoms. The maximum Gasteiger partial charge on any atom is 0.315 e. The summed E-state index contributed by atoms with van der Waals surface area (Å²) in [5.41, 5.74) is 1.62. The van der Waals surface area contributed by atoms with Crippen LogP contribution in [0.4, 0.5) is 10.5 Å². The molecule has 9 heteroatoms. The zero-order chi connectivity index (χ0) is 19.8. The number of hydrogen-bond acceptors (Lipinski definition) is 4. The fourth-order valence-electron chi connectivity index (χ4n) is 2.68. The molecule has 0 saturated carbocycles. The SMILES string of the molecule is Cc1cc(Br)ccc1NC(=O)CNC(=O)NCCC(=O)N1CCN(C)CC1. The normalized spacial score (nSPS) is 14.6. The van der Waals surface area contributed by atoms with Crippen LogP contribution in [0.15, 0.2) is 22.7 Å². The van der Waals surface area contributed by atoms with E-state index >= 15 is 0 Å². The average Bonchev–Trinajstić information content (AvgIpc) is 2.63. The van der Waals surface area contributed by atoms with Gasteiger partial charge in [0.05, 0.1) is 6.54 Å². The molecule has 0 radical (unpaired) electrons. The Morgan fingerprint density at radius 1 is 1.11 bits per heavy atom. The van der Waals surface area contributed by atoms with E-state index in [1.54, 1.807) is 6.07 Å². The molecule has 1 aliphatic rings. The summed E-state index contributed by atoms with van der Waals surface area (Å²) in [5, 5.41) is 7.84. The van der Waals surface area contributed by atoms with Crippen LogP contribution in [0.3, 0.4) is 0 Å². The first-order chi connectivity index (χ1) is 12.8. The number of hydrogen-bond donors (Lipinski definition) is 3.